The summed E-state index contributed by atoms with van der Waals surface area (Å²) in [4.78, 5) is 22.8. The maximum Gasteiger partial charge on any atom is 0.326 e. The van der Waals surface area contributed by atoms with Crippen molar-refractivity contribution in [3.63, 3.8) is 0 Å². The van der Waals surface area contributed by atoms with Crippen LogP contribution >= 0.6 is 0 Å². The molecule has 0 unspecified atom stereocenters. The summed E-state index contributed by atoms with van der Waals surface area (Å²) in [6.45, 7) is 2.01. The number of nitrogens with one attached hydrogen (secondary N) is 1. The van der Waals surface area contributed by atoms with Crippen molar-refractivity contribution >= 4 is 11.9 Å². The molecule has 1 atom stereocenters. The fraction of sp³-hybridized carbons (Fsp3) is 0.714. The van der Waals surface area contributed by atoms with Crippen molar-refractivity contribution in [2.75, 3.05) is 0 Å². The summed E-state index contributed by atoms with van der Waals surface area (Å²) in [6, 6.07) is -0.735. The second kappa shape index (κ2) is 7.90. The molecule has 0 fully saturated rings. The lowest BCUT2D eigenvalue weighted by Crippen LogP contribution is -2.40. The Morgan fingerprint density at radius 3 is 2.78 bits per heavy atom. The van der Waals surface area contributed by atoms with E-state index in [2.05, 4.69) is 11.4 Å². The fourth-order valence-corrected chi connectivity index (χ4v) is 2.18. The van der Waals surface area contributed by atoms with Gasteiger partial charge in [-0.15, -0.1) is 0 Å². The molecule has 1 aliphatic carbocycles. The Labute approximate surface area is 108 Å². The van der Waals surface area contributed by atoms with Gasteiger partial charge >= 0.3 is 5.97 Å². The number of hydrogen-bond acceptors (Lipinski definition) is 2. The zero-order chi connectivity index (χ0) is 13.4. The van der Waals surface area contributed by atoms with Crippen molar-refractivity contribution in [3.05, 3.63) is 11.6 Å². The molecule has 1 rings (SSSR count). The summed E-state index contributed by atoms with van der Waals surface area (Å²) >= 11 is 0. The van der Waals surface area contributed by atoms with Gasteiger partial charge in [0.15, 0.2) is 0 Å². The predicted molar refractivity (Wildman–Crippen MR) is 70.3 cm³/mol. The number of carbonyl (C=O) groups excluding carboxylic acids is 1. The highest BCUT2D eigenvalue weighted by molar-refractivity contribution is 5.84. The van der Waals surface area contributed by atoms with Crippen molar-refractivity contribution in [2.45, 2.75) is 64.3 Å². The van der Waals surface area contributed by atoms with Gasteiger partial charge in [0.05, 0.1) is 0 Å². The number of hydrogen-bond donors (Lipinski definition) is 2. The molecule has 4 heteroatoms. The number of carbonyl (C=O) groups is 2. The van der Waals surface area contributed by atoms with Crippen LogP contribution in [0.15, 0.2) is 11.6 Å². The van der Waals surface area contributed by atoms with Gasteiger partial charge in [-0.1, -0.05) is 31.4 Å². The summed E-state index contributed by atoms with van der Waals surface area (Å²) < 4.78 is 0. The first-order valence-electron chi connectivity index (χ1n) is 6.83. The van der Waals surface area contributed by atoms with Crippen molar-refractivity contribution in [3.8, 4) is 0 Å². The third-order valence-corrected chi connectivity index (χ3v) is 3.25. The molecule has 0 aromatic heterocycles. The molecule has 0 aromatic rings. The van der Waals surface area contributed by atoms with Gasteiger partial charge in [0.2, 0.25) is 5.91 Å². The Balaban J connectivity index is 2.40. The molecule has 102 valence electrons. The Kier molecular flexibility index (Phi) is 6.47. The molecule has 0 aromatic carbocycles. The smallest absolute Gasteiger partial charge is 0.326 e. The van der Waals surface area contributed by atoms with Crippen LogP contribution in [-0.4, -0.2) is 23.0 Å². The predicted octanol–water partition coefficient (Wildman–Crippen LogP) is 2.64. The van der Waals surface area contributed by atoms with Gasteiger partial charge in [0.1, 0.15) is 6.04 Å². The summed E-state index contributed by atoms with van der Waals surface area (Å²) in [5, 5.41) is 11.6. The van der Waals surface area contributed by atoms with Crippen LogP contribution in [0.1, 0.15) is 58.3 Å². The molecule has 2 N–H and O–H groups in total. The van der Waals surface area contributed by atoms with E-state index < -0.39 is 12.0 Å². The topological polar surface area (TPSA) is 66.4 Å². The van der Waals surface area contributed by atoms with Crippen molar-refractivity contribution in [1.29, 1.82) is 0 Å². The van der Waals surface area contributed by atoms with E-state index in [1.165, 1.54) is 6.42 Å². The van der Waals surface area contributed by atoms with Crippen LogP contribution in [0.25, 0.3) is 0 Å². The van der Waals surface area contributed by atoms with Gasteiger partial charge < -0.3 is 10.4 Å². The molecule has 0 bridgehead atoms. The quantitative estimate of drug-likeness (QED) is 0.685. The van der Waals surface area contributed by atoms with Crippen molar-refractivity contribution in [1.82, 2.24) is 5.32 Å². The zero-order valence-electron chi connectivity index (χ0n) is 11.1. The second-order valence-electron chi connectivity index (χ2n) is 4.89. The van der Waals surface area contributed by atoms with Crippen LogP contribution in [0, 0.1) is 0 Å². The minimum Gasteiger partial charge on any atom is -0.480 e. The first-order valence-corrected chi connectivity index (χ1v) is 6.83. The molecule has 0 heterocycles. The normalized spacial score (nSPS) is 16.8. The number of rotatable bonds is 7. The van der Waals surface area contributed by atoms with Crippen LogP contribution < -0.4 is 5.32 Å². The average molecular weight is 253 g/mol. The molecule has 18 heavy (non-hydrogen) atoms. The Hall–Kier alpha value is -1.32. The van der Waals surface area contributed by atoms with E-state index in [0.717, 1.165) is 37.7 Å². The molecular weight excluding hydrogens is 230 g/mol. The molecule has 1 amide bonds. The van der Waals surface area contributed by atoms with Gasteiger partial charge in [-0.25, -0.2) is 4.79 Å². The van der Waals surface area contributed by atoms with E-state index in [-0.39, 0.29) is 5.91 Å². The maximum absolute atomic E-state index is 11.8. The molecule has 0 aliphatic heterocycles. The van der Waals surface area contributed by atoms with Crippen molar-refractivity contribution in [2.24, 2.45) is 0 Å². The highest BCUT2D eigenvalue weighted by Crippen LogP contribution is 2.19. The van der Waals surface area contributed by atoms with Crippen molar-refractivity contribution < 1.29 is 14.7 Å². The highest BCUT2D eigenvalue weighted by Gasteiger charge is 2.19. The van der Waals surface area contributed by atoms with Crippen LogP contribution in [-0.2, 0) is 9.59 Å². The first-order chi connectivity index (χ1) is 8.63. The third kappa shape index (κ3) is 5.34. The average Bonchev–Trinajstić information content (AvgIpc) is 2.35. The first kappa shape index (κ1) is 14.7. The lowest BCUT2D eigenvalue weighted by atomic mass is 9.97. The lowest BCUT2D eigenvalue weighted by molar-refractivity contribution is -0.142. The van der Waals surface area contributed by atoms with Crippen LogP contribution in [0.3, 0.4) is 0 Å². The molecule has 0 spiro atoms. The number of aliphatic carboxylic acids is 1. The Bertz CT molecular complexity index is 323. The summed E-state index contributed by atoms with van der Waals surface area (Å²) in [5.74, 6) is -1.10. The number of carboxylic acids is 1. The van der Waals surface area contributed by atoms with E-state index in [1.54, 1.807) is 0 Å². The number of unbranched alkanes of at least 4 members (excludes halogenated alkanes) is 1. The molecule has 1 aliphatic rings. The summed E-state index contributed by atoms with van der Waals surface area (Å²) in [6.07, 6.45) is 9.08. The molecule has 0 saturated carbocycles. The maximum atomic E-state index is 11.8. The lowest BCUT2D eigenvalue weighted by Gasteiger charge is -2.16. The van der Waals surface area contributed by atoms with E-state index in [1.807, 2.05) is 6.92 Å². The van der Waals surface area contributed by atoms with E-state index >= 15 is 0 Å². The van der Waals surface area contributed by atoms with Gasteiger partial charge in [-0.2, -0.15) is 0 Å². The monoisotopic (exact) mass is 253 g/mol. The Morgan fingerprint density at radius 2 is 2.22 bits per heavy atom. The third-order valence-electron chi connectivity index (χ3n) is 3.25. The van der Waals surface area contributed by atoms with Gasteiger partial charge in [-0.3, -0.25) is 4.79 Å². The van der Waals surface area contributed by atoms with E-state index in [9.17, 15) is 9.59 Å². The molecular formula is C14H23NO3. The minimum absolute atomic E-state index is 0.161. The van der Waals surface area contributed by atoms with Crippen LogP contribution in [0.4, 0.5) is 0 Å². The SMILES string of the molecule is CCCC[C@H](NC(=O)CC1=CCCCC1)C(=O)O. The van der Waals surface area contributed by atoms with Gasteiger partial charge in [0.25, 0.3) is 0 Å². The highest BCUT2D eigenvalue weighted by atomic mass is 16.4. The number of allylic oxidation sites excluding steroid dienone is 1. The van der Waals surface area contributed by atoms with Crippen LogP contribution in [0.5, 0.6) is 0 Å². The second-order valence-corrected chi connectivity index (χ2v) is 4.89. The van der Waals surface area contributed by atoms with Crippen LogP contribution in [0.2, 0.25) is 0 Å². The van der Waals surface area contributed by atoms with Gasteiger partial charge in [-0.05, 0) is 32.1 Å². The summed E-state index contributed by atoms with van der Waals surface area (Å²) in [7, 11) is 0. The standard InChI is InChI=1S/C14H23NO3/c1-2-3-9-12(14(17)18)15-13(16)10-11-7-5-4-6-8-11/h7,12H,2-6,8-10H2,1H3,(H,15,16)(H,17,18)/t12-/m0/s1. The largest absolute Gasteiger partial charge is 0.480 e. The fourth-order valence-electron chi connectivity index (χ4n) is 2.18. The molecule has 0 saturated heterocycles. The van der Waals surface area contributed by atoms with E-state index in [0.29, 0.717) is 12.8 Å². The van der Waals surface area contributed by atoms with E-state index in [4.69, 9.17) is 5.11 Å². The summed E-state index contributed by atoms with van der Waals surface area (Å²) in [5.41, 5.74) is 1.15. The number of carboxylic acid groups (broad SMARTS) is 1. The Morgan fingerprint density at radius 1 is 1.44 bits per heavy atom. The molecule has 4 nitrogen and oxygen atoms in total. The number of amides is 1. The minimum atomic E-state index is -0.936. The zero-order valence-corrected chi connectivity index (χ0v) is 11.1. The van der Waals surface area contributed by atoms with Gasteiger partial charge in [0, 0.05) is 6.42 Å². The molecule has 0 radical (unpaired) electrons.